The average Bonchev–Trinajstić information content (AvgIpc) is 3.61. The first-order chi connectivity index (χ1) is 22.7. The summed E-state index contributed by atoms with van der Waals surface area (Å²) in [4.78, 5) is 16.4. The van der Waals surface area contributed by atoms with Crippen LogP contribution in [0.5, 0.6) is 0 Å². The normalized spacial score (nSPS) is 30.3. The molecule has 1 heterocycles. The average molecular weight is 666 g/mol. The third-order valence-corrected chi connectivity index (χ3v) is 18.4. The number of aromatic nitrogens is 2. The third-order valence-electron chi connectivity index (χ3n) is 13.9. The molecule has 3 aliphatic rings. The molecule has 7 atom stereocenters. The lowest BCUT2D eigenvalue weighted by molar-refractivity contribution is -0.0679. The molecule has 6 rings (SSSR count). The van der Waals surface area contributed by atoms with Gasteiger partial charge in [-0.15, -0.1) is 0 Å². The first-order valence-corrected chi connectivity index (χ1v) is 21.0. The lowest BCUT2D eigenvalue weighted by atomic mass is 9.49. The molecule has 0 bridgehead atoms. The number of rotatable bonds is 9. The largest absolute Gasteiger partial charge is 0.417 e. The lowest BCUT2D eigenvalue weighted by Crippen LogP contribution is -2.53. The molecular formula is C40H55N5O2Si. The highest BCUT2D eigenvalue weighted by Gasteiger charge is 2.58. The van der Waals surface area contributed by atoms with E-state index in [0.717, 1.165) is 31.6 Å². The molecule has 2 aromatic carbocycles. The minimum Gasteiger partial charge on any atom is -0.417 e. The van der Waals surface area contributed by atoms with Crippen molar-refractivity contribution in [3.63, 3.8) is 0 Å². The highest BCUT2D eigenvalue weighted by atomic mass is 28.4. The Labute approximate surface area is 288 Å². The minimum atomic E-state index is -2.00. The number of ketones is 1. The quantitative estimate of drug-likeness (QED) is 0.0748. The Morgan fingerprint density at radius 2 is 1.69 bits per heavy atom. The van der Waals surface area contributed by atoms with E-state index in [4.69, 9.17) is 9.52 Å². The molecule has 1 aromatic heterocycles. The van der Waals surface area contributed by atoms with Gasteiger partial charge in [-0.25, -0.2) is 4.68 Å². The zero-order valence-electron chi connectivity index (χ0n) is 30.4. The van der Waals surface area contributed by atoms with Crippen LogP contribution >= 0.6 is 0 Å². The molecule has 3 aromatic rings. The minimum absolute atomic E-state index is 0.0159. The number of carbonyl (C=O) groups excluding carboxylic acids is 1. The third kappa shape index (κ3) is 6.09. The van der Waals surface area contributed by atoms with Gasteiger partial charge in [0.15, 0.2) is 14.1 Å². The summed E-state index contributed by atoms with van der Waals surface area (Å²) in [5, 5.41) is 9.37. The molecule has 0 spiro atoms. The summed E-state index contributed by atoms with van der Waals surface area (Å²) in [5.41, 5.74) is 14.7. The van der Waals surface area contributed by atoms with E-state index in [0.29, 0.717) is 52.7 Å². The van der Waals surface area contributed by atoms with Crippen LogP contribution in [0.3, 0.4) is 0 Å². The van der Waals surface area contributed by atoms with E-state index in [1.54, 1.807) is 0 Å². The standard InChI is InChI=1S/C40H55N5O2Si/c1-27-14-19-34-33(25-42-44-41)35(20-21-39(27,34)5)40(6)23-30-24-43-45(36(30)22-31(40)26-47-48(7,8)38(2,3)4)32-17-15-29(16-18-32)37(46)28-12-10-9-11-13-28/h9-13,15-18,24,27,31,33-35H,14,19-23,25-26H2,1-8H3/t27-,31+,33-,34-,35-,39+,40-/m0/s1. The number of carbonyl (C=O) groups is 1. The van der Waals surface area contributed by atoms with Crippen LogP contribution in [0.15, 0.2) is 65.9 Å². The molecular weight excluding hydrogens is 611 g/mol. The predicted molar refractivity (Wildman–Crippen MR) is 196 cm³/mol. The van der Waals surface area contributed by atoms with Gasteiger partial charge < -0.3 is 4.43 Å². The van der Waals surface area contributed by atoms with E-state index in [1.807, 2.05) is 54.6 Å². The molecule has 0 unspecified atom stereocenters. The molecule has 0 N–H and O–H groups in total. The summed E-state index contributed by atoms with van der Waals surface area (Å²) in [7, 11) is -2.00. The Kier molecular flexibility index (Phi) is 9.33. The van der Waals surface area contributed by atoms with E-state index in [9.17, 15) is 10.3 Å². The summed E-state index contributed by atoms with van der Waals surface area (Å²) in [5.74, 6) is 2.43. The first kappa shape index (κ1) is 34.7. The van der Waals surface area contributed by atoms with Crippen LogP contribution in [0.25, 0.3) is 16.1 Å². The second kappa shape index (κ2) is 12.9. The summed E-state index contributed by atoms with van der Waals surface area (Å²) < 4.78 is 9.17. The van der Waals surface area contributed by atoms with Gasteiger partial charge in [-0.1, -0.05) is 77.0 Å². The van der Waals surface area contributed by atoms with Crippen LogP contribution in [0.1, 0.15) is 94.4 Å². The van der Waals surface area contributed by atoms with Crippen molar-refractivity contribution in [3.8, 4) is 5.69 Å². The van der Waals surface area contributed by atoms with E-state index < -0.39 is 8.32 Å². The van der Waals surface area contributed by atoms with Crippen molar-refractivity contribution in [1.82, 2.24) is 9.78 Å². The van der Waals surface area contributed by atoms with Gasteiger partial charge in [-0.2, -0.15) is 5.10 Å². The Bertz CT molecular complexity index is 1670. The maximum absolute atomic E-state index is 13.1. The summed E-state index contributed by atoms with van der Waals surface area (Å²) in [6.07, 6.45) is 8.80. The lowest BCUT2D eigenvalue weighted by Gasteiger charge is -2.57. The number of fused-ring (bicyclic) bond motifs is 2. The molecule has 48 heavy (non-hydrogen) atoms. The molecule has 3 aliphatic carbocycles. The van der Waals surface area contributed by atoms with Gasteiger partial charge in [0, 0.05) is 34.9 Å². The van der Waals surface area contributed by atoms with Gasteiger partial charge in [-0.05, 0) is 132 Å². The van der Waals surface area contributed by atoms with Crippen LogP contribution in [0.2, 0.25) is 18.1 Å². The van der Waals surface area contributed by atoms with E-state index >= 15 is 0 Å². The maximum Gasteiger partial charge on any atom is 0.193 e. The zero-order chi connectivity index (χ0) is 34.5. The second-order valence-corrected chi connectivity index (χ2v) is 22.0. The molecule has 0 aliphatic heterocycles. The predicted octanol–water partition coefficient (Wildman–Crippen LogP) is 10.2. The van der Waals surface area contributed by atoms with Gasteiger partial charge in [0.25, 0.3) is 0 Å². The van der Waals surface area contributed by atoms with Crippen molar-refractivity contribution in [1.29, 1.82) is 0 Å². The monoisotopic (exact) mass is 665 g/mol. The fourth-order valence-corrected chi connectivity index (χ4v) is 10.5. The van der Waals surface area contributed by atoms with Crippen LogP contribution in [-0.2, 0) is 17.3 Å². The number of hydrogen-bond acceptors (Lipinski definition) is 4. The topological polar surface area (TPSA) is 92.9 Å². The molecule has 256 valence electrons. The number of hydrogen-bond donors (Lipinski definition) is 0. The maximum atomic E-state index is 13.1. The summed E-state index contributed by atoms with van der Waals surface area (Å²) in [6.45, 7) is 20.4. The highest BCUT2D eigenvalue weighted by Crippen LogP contribution is 2.63. The van der Waals surface area contributed by atoms with Crippen LogP contribution in [-0.4, -0.2) is 37.0 Å². The van der Waals surface area contributed by atoms with Crippen molar-refractivity contribution in [2.75, 3.05) is 13.2 Å². The Hall–Kier alpha value is -3.19. The highest BCUT2D eigenvalue weighted by molar-refractivity contribution is 6.74. The molecule has 0 radical (unpaired) electrons. The summed E-state index contributed by atoms with van der Waals surface area (Å²) in [6, 6.07) is 17.3. The fourth-order valence-electron chi connectivity index (χ4n) is 9.49. The first-order valence-electron chi connectivity index (χ1n) is 18.1. The van der Waals surface area contributed by atoms with Crippen LogP contribution in [0, 0.1) is 40.4 Å². The van der Waals surface area contributed by atoms with Crippen LogP contribution < -0.4 is 0 Å². The zero-order valence-corrected chi connectivity index (χ0v) is 31.4. The number of benzene rings is 2. The van der Waals surface area contributed by atoms with E-state index in [2.05, 4.69) is 75.5 Å². The number of azide groups is 1. The number of nitrogens with zero attached hydrogens (tertiary/aromatic N) is 5. The van der Waals surface area contributed by atoms with Gasteiger partial charge in [0.1, 0.15) is 0 Å². The molecule has 8 heteroatoms. The van der Waals surface area contributed by atoms with Gasteiger partial charge in [0.05, 0.1) is 11.9 Å². The van der Waals surface area contributed by atoms with Crippen molar-refractivity contribution in [2.45, 2.75) is 98.2 Å². The Morgan fingerprint density at radius 1 is 1.02 bits per heavy atom. The van der Waals surface area contributed by atoms with Crippen LogP contribution in [0.4, 0.5) is 0 Å². The Balaban J connectivity index is 1.35. The Morgan fingerprint density at radius 3 is 2.35 bits per heavy atom. The fraction of sp³-hybridized carbons (Fsp3) is 0.600. The van der Waals surface area contributed by atoms with Crippen molar-refractivity contribution in [2.24, 2.45) is 45.5 Å². The van der Waals surface area contributed by atoms with Gasteiger partial charge in [-0.3, -0.25) is 4.79 Å². The molecule has 0 saturated heterocycles. The van der Waals surface area contributed by atoms with Crippen molar-refractivity contribution >= 4 is 14.1 Å². The second-order valence-electron chi connectivity index (χ2n) is 17.2. The summed E-state index contributed by atoms with van der Waals surface area (Å²) >= 11 is 0. The molecule has 7 nitrogen and oxygen atoms in total. The van der Waals surface area contributed by atoms with Gasteiger partial charge in [0.2, 0.25) is 0 Å². The molecule has 0 amide bonds. The van der Waals surface area contributed by atoms with Crippen molar-refractivity contribution in [3.05, 3.63) is 93.6 Å². The van der Waals surface area contributed by atoms with Gasteiger partial charge >= 0.3 is 0 Å². The molecule has 2 saturated carbocycles. The SMILES string of the molecule is C[C@H]1CC[C@H]2[C@H](CN=[N+]=[N-])[C@@H]([C@@]3(C)Cc4cnn(-c5ccc(C(=O)c6ccccc6)cc5)c4C[C@@H]3CO[Si](C)(C)C(C)(C)C)CC[C@]12C. The smallest absolute Gasteiger partial charge is 0.193 e. The van der Waals surface area contributed by atoms with E-state index in [1.165, 1.54) is 30.5 Å². The van der Waals surface area contributed by atoms with Crippen molar-refractivity contribution < 1.29 is 9.22 Å². The molecule has 2 fully saturated rings. The van der Waals surface area contributed by atoms with E-state index in [-0.39, 0.29) is 16.2 Å².